The summed E-state index contributed by atoms with van der Waals surface area (Å²) in [6.45, 7) is 2.69. The first-order valence-electron chi connectivity index (χ1n) is 11.5. The summed E-state index contributed by atoms with van der Waals surface area (Å²) in [4.78, 5) is 19.3. The minimum Gasteiger partial charge on any atom is -0.491 e. The van der Waals surface area contributed by atoms with Gasteiger partial charge >= 0.3 is 0 Å². The highest BCUT2D eigenvalue weighted by atomic mass is 35.5. The minimum atomic E-state index is -0.798. The molecule has 0 bridgehead atoms. The van der Waals surface area contributed by atoms with Crippen LogP contribution >= 0.6 is 11.6 Å². The molecule has 0 unspecified atom stereocenters. The molecular weight excluding hydrogens is 469 g/mol. The van der Waals surface area contributed by atoms with Crippen LogP contribution in [0.3, 0.4) is 0 Å². The van der Waals surface area contributed by atoms with E-state index in [0.29, 0.717) is 23.0 Å². The van der Waals surface area contributed by atoms with Crippen LogP contribution in [0, 0.1) is 12.7 Å². The summed E-state index contributed by atoms with van der Waals surface area (Å²) in [5, 5.41) is 11.5. The van der Waals surface area contributed by atoms with E-state index in [9.17, 15) is 14.3 Å². The third-order valence-electron chi connectivity index (χ3n) is 6.28. The number of benzene rings is 3. The van der Waals surface area contributed by atoms with Crippen molar-refractivity contribution < 1.29 is 19.0 Å². The van der Waals surface area contributed by atoms with Crippen molar-refractivity contribution in [3.05, 3.63) is 89.0 Å². The summed E-state index contributed by atoms with van der Waals surface area (Å²) in [5.74, 6) is 0.835. The summed E-state index contributed by atoms with van der Waals surface area (Å²) in [6, 6.07) is 19.0. The van der Waals surface area contributed by atoms with Crippen LogP contribution in [0.1, 0.15) is 23.7 Å². The van der Waals surface area contributed by atoms with Gasteiger partial charge in [0.15, 0.2) is 0 Å². The number of amides is 1. The molecular formula is C27H25ClFN3O3. The van der Waals surface area contributed by atoms with Crippen molar-refractivity contribution >= 4 is 34.2 Å². The zero-order chi connectivity index (χ0) is 24.5. The predicted octanol–water partition coefficient (Wildman–Crippen LogP) is 5.10. The van der Waals surface area contributed by atoms with Gasteiger partial charge in [0.05, 0.1) is 17.6 Å². The third-order valence-corrected chi connectivity index (χ3v) is 6.70. The second-order valence-electron chi connectivity index (χ2n) is 8.83. The molecule has 3 aromatic carbocycles. The molecule has 1 fully saturated rings. The molecule has 6 nitrogen and oxygen atoms in total. The maximum atomic E-state index is 13.4. The molecule has 2 heterocycles. The van der Waals surface area contributed by atoms with Gasteiger partial charge in [0.1, 0.15) is 30.1 Å². The Kier molecular flexibility index (Phi) is 6.45. The van der Waals surface area contributed by atoms with Crippen LogP contribution in [-0.4, -0.2) is 39.8 Å². The predicted molar refractivity (Wildman–Crippen MR) is 134 cm³/mol. The van der Waals surface area contributed by atoms with E-state index in [4.69, 9.17) is 21.3 Å². The molecule has 1 aromatic heterocycles. The number of anilines is 1. The quantitative estimate of drug-likeness (QED) is 0.389. The minimum absolute atomic E-state index is 0.0396. The number of hydrogen-bond acceptors (Lipinski definition) is 4. The van der Waals surface area contributed by atoms with E-state index in [0.717, 1.165) is 22.4 Å². The van der Waals surface area contributed by atoms with Crippen molar-refractivity contribution in [2.75, 3.05) is 18.1 Å². The smallest absolute Gasteiger partial charge is 0.227 e. The number of nitrogens with zero attached hydrogens (tertiary/aromatic N) is 3. The highest BCUT2D eigenvalue weighted by molar-refractivity contribution is 6.31. The van der Waals surface area contributed by atoms with Crippen LogP contribution < -0.4 is 9.64 Å². The summed E-state index contributed by atoms with van der Waals surface area (Å²) in [7, 11) is 0. The number of ether oxygens (including phenoxy) is 1. The number of imidazole rings is 1. The maximum Gasteiger partial charge on any atom is 0.227 e. The van der Waals surface area contributed by atoms with Gasteiger partial charge in [-0.25, -0.2) is 9.37 Å². The summed E-state index contributed by atoms with van der Waals surface area (Å²) in [6.07, 6.45) is -0.509. The van der Waals surface area contributed by atoms with Gasteiger partial charge in [-0.05, 0) is 67.1 Å². The molecule has 0 spiro atoms. The second kappa shape index (κ2) is 9.68. The van der Waals surface area contributed by atoms with Crippen LogP contribution in [0.15, 0.2) is 66.7 Å². The fraction of sp³-hybridized carbons (Fsp3) is 0.259. The van der Waals surface area contributed by atoms with E-state index >= 15 is 0 Å². The second-order valence-corrected chi connectivity index (χ2v) is 9.23. The number of aryl methyl sites for hydroxylation is 1. The average Bonchev–Trinajstić information content (AvgIpc) is 3.41. The molecule has 1 saturated heterocycles. The Bertz CT molecular complexity index is 1370. The number of carbonyl (C=O) groups is 1. The molecule has 1 N–H and O–H groups in total. The normalized spacial score (nSPS) is 16.7. The van der Waals surface area contributed by atoms with Crippen LogP contribution in [0.5, 0.6) is 5.75 Å². The molecule has 1 aliphatic rings. The molecule has 0 radical (unpaired) electrons. The van der Waals surface area contributed by atoms with E-state index in [1.807, 2.05) is 41.8 Å². The molecule has 4 aromatic rings. The van der Waals surface area contributed by atoms with E-state index in [-0.39, 0.29) is 37.2 Å². The van der Waals surface area contributed by atoms with E-state index in [1.54, 1.807) is 29.2 Å². The number of halogens is 2. The summed E-state index contributed by atoms with van der Waals surface area (Å²) >= 11 is 6.08. The summed E-state index contributed by atoms with van der Waals surface area (Å²) in [5.41, 5.74) is 3.25. The highest BCUT2D eigenvalue weighted by Gasteiger charge is 2.35. The van der Waals surface area contributed by atoms with Gasteiger partial charge in [-0.2, -0.15) is 0 Å². The van der Waals surface area contributed by atoms with Crippen molar-refractivity contribution in [2.45, 2.75) is 31.9 Å². The Morgan fingerprint density at radius 1 is 1.17 bits per heavy atom. The number of carbonyl (C=O) groups excluding carboxylic acids is 1. The standard InChI is InChI=1S/C27H25ClFN3O3/c1-17-12-22(10-11-23(17)28)35-16-21(33)15-32-25-5-3-2-4-24(25)30-27(32)18-13-26(34)31(14-18)20-8-6-19(29)7-9-20/h2-12,18,21,33H,13-16H2,1H3/t18-,21-/m1/s1. The number of aliphatic hydroxyl groups excluding tert-OH is 1. The molecule has 5 rings (SSSR count). The van der Waals surface area contributed by atoms with Crippen LogP contribution in [0.4, 0.5) is 10.1 Å². The zero-order valence-corrected chi connectivity index (χ0v) is 20.0. The first-order chi connectivity index (χ1) is 16.9. The van der Waals surface area contributed by atoms with Crippen molar-refractivity contribution in [1.82, 2.24) is 9.55 Å². The Morgan fingerprint density at radius 3 is 2.71 bits per heavy atom. The van der Waals surface area contributed by atoms with Crippen LogP contribution in [-0.2, 0) is 11.3 Å². The topological polar surface area (TPSA) is 67.6 Å². The first-order valence-corrected chi connectivity index (χ1v) is 11.8. The molecule has 0 saturated carbocycles. The van der Waals surface area contributed by atoms with Gasteiger partial charge in [-0.3, -0.25) is 4.79 Å². The van der Waals surface area contributed by atoms with Crippen LogP contribution in [0.2, 0.25) is 5.02 Å². The lowest BCUT2D eigenvalue weighted by atomic mass is 10.1. The Labute approximate surface area is 207 Å². The molecule has 2 atom stereocenters. The molecule has 8 heteroatoms. The zero-order valence-electron chi connectivity index (χ0n) is 19.2. The lowest BCUT2D eigenvalue weighted by molar-refractivity contribution is -0.117. The van der Waals surface area contributed by atoms with E-state index in [1.165, 1.54) is 12.1 Å². The Morgan fingerprint density at radius 2 is 1.94 bits per heavy atom. The van der Waals surface area contributed by atoms with Gasteiger partial charge in [0.25, 0.3) is 0 Å². The fourth-order valence-electron chi connectivity index (χ4n) is 4.51. The number of para-hydroxylation sites is 2. The lowest BCUT2D eigenvalue weighted by Crippen LogP contribution is -2.26. The number of hydrogen-bond donors (Lipinski definition) is 1. The van der Waals surface area contributed by atoms with Crippen molar-refractivity contribution in [2.24, 2.45) is 0 Å². The van der Waals surface area contributed by atoms with Crippen LogP contribution in [0.25, 0.3) is 11.0 Å². The molecule has 0 aliphatic carbocycles. The van der Waals surface area contributed by atoms with Crippen molar-refractivity contribution in [3.63, 3.8) is 0 Å². The van der Waals surface area contributed by atoms with Crippen molar-refractivity contribution in [1.29, 1.82) is 0 Å². The largest absolute Gasteiger partial charge is 0.491 e. The van der Waals surface area contributed by atoms with Gasteiger partial charge in [0.2, 0.25) is 5.91 Å². The number of aliphatic hydroxyl groups is 1. The Balaban J connectivity index is 1.37. The molecule has 180 valence electrons. The number of aromatic nitrogens is 2. The molecule has 35 heavy (non-hydrogen) atoms. The number of rotatable bonds is 7. The Hall–Kier alpha value is -3.42. The first kappa shape index (κ1) is 23.3. The van der Waals surface area contributed by atoms with Gasteiger partial charge in [0, 0.05) is 29.6 Å². The average molecular weight is 494 g/mol. The molecule has 1 aliphatic heterocycles. The van der Waals surface area contributed by atoms with E-state index < -0.39 is 6.10 Å². The lowest BCUT2D eigenvalue weighted by Gasteiger charge is -2.19. The van der Waals surface area contributed by atoms with Crippen molar-refractivity contribution in [3.8, 4) is 5.75 Å². The van der Waals surface area contributed by atoms with E-state index in [2.05, 4.69) is 0 Å². The van der Waals surface area contributed by atoms with Gasteiger partial charge < -0.3 is 19.3 Å². The highest BCUT2D eigenvalue weighted by Crippen LogP contribution is 2.33. The SMILES string of the molecule is Cc1cc(OC[C@H](O)Cn2c([C@@H]3CC(=O)N(c4ccc(F)cc4)C3)nc3ccccc32)ccc1Cl. The number of fused-ring (bicyclic) bond motifs is 1. The third kappa shape index (κ3) is 4.88. The monoisotopic (exact) mass is 493 g/mol. The fourth-order valence-corrected chi connectivity index (χ4v) is 4.63. The maximum absolute atomic E-state index is 13.4. The summed E-state index contributed by atoms with van der Waals surface area (Å²) < 4.78 is 21.1. The molecule has 1 amide bonds. The van der Waals surface area contributed by atoms with Gasteiger partial charge in [-0.15, -0.1) is 0 Å². The van der Waals surface area contributed by atoms with Gasteiger partial charge in [-0.1, -0.05) is 23.7 Å².